The molecule has 0 bridgehead atoms. The lowest BCUT2D eigenvalue weighted by Crippen LogP contribution is -2.33. The molecule has 170 valence electrons. The van der Waals surface area contributed by atoms with E-state index in [9.17, 15) is 4.79 Å². The molecule has 0 saturated carbocycles. The number of H-pyrrole nitrogens is 1. The first-order valence-corrected chi connectivity index (χ1v) is 11.0. The number of anilines is 2. The number of carbonyl (C=O) groups is 1. The maximum Gasteiger partial charge on any atom is 0.407 e. The number of amides is 1. The van der Waals surface area contributed by atoms with Crippen LogP contribution in [0.5, 0.6) is 0 Å². The van der Waals surface area contributed by atoms with E-state index in [2.05, 4.69) is 20.8 Å². The van der Waals surface area contributed by atoms with Gasteiger partial charge in [-0.3, -0.25) is 5.10 Å². The molecule has 0 radical (unpaired) electrons. The number of alkyl carbamates (subject to hydrolysis) is 1. The molecule has 8 nitrogen and oxygen atoms in total. The van der Waals surface area contributed by atoms with Crippen LogP contribution in [0.3, 0.4) is 0 Å². The van der Waals surface area contributed by atoms with Crippen molar-refractivity contribution in [2.45, 2.75) is 39.2 Å². The summed E-state index contributed by atoms with van der Waals surface area (Å²) in [5, 5.41) is 14.4. The number of nitrogens with one attached hydrogen (secondary N) is 3. The fourth-order valence-corrected chi connectivity index (χ4v) is 3.35. The highest BCUT2D eigenvalue weighted by molar-refractivity contribution is 5.91. The van der Waals surface area contributed by atoms with Gasteiger partial charge in [-0.25, -0.2) is 14.8 Å². The number of aryl methyl sites for hydroxylation is 1. The summed E-state index contributed by atoms with van der Waals surface area (Å²) in [5.74, 6) is 2.03. The number of aromatic nitrogens is 4. The summed E-state index contributed by atoms with van der Waals surface area (Å²) in [6.07, 6.45) is 1.10. The van der Waals surface area contributed by atoms with Crippen molar-refractivity contribution < 1.29 is 9.53 Å². The van der Waals surface area contributed by atoms with E-state index >= 15 is 0 Å². The Kier molecular flexibility index (Phi) is 6.53. The van der Waals surface area contributed by atoms with E-state index in [0.717, 1.165) is 35.0 Å². The number of aromatic amines is 1. The van der Waals surface area contributed by atoms with Gasteiger partial charge in [0.25, 0.3) is 0 Å². The number of benzene rings is 2. The Hall–Kier alpha value is -3.94. The van der Waals surface area contributed by atoms with Crippen molar-refractivity contribution >= 4 is 28.6 Å². The average molecular weight is 445 g/mol. The Morgan fingerprint density at radius 1 is 1.03 bits per heavy atom. The number of rotatable bonds is 7. The van der Waals surface area contributed by atoms with Crippen molar-refractivity contribution in [2.75, 3.05) is 11.9 Å². The highest BCUT2D eigenvalue weighted by atomic mass is 16.6. The van der Waals surface area contributed by atoms with Crippen LogP contribution in [0.25, 0.3) is 22.3 Å². The predicted octanol–water partition coefficient (Wildman–Crippen LogP) is 5.22. The fourth-order valence-electron chi connectivity index (χ4n) is 3.35. The van der Waals surface area contributed by atoms with Gasteiger partial charge in [0, 0.05) is 29.3 Å². The lowest BCUT2D eigenvalue weighted by atomic mass is 10.2. The van der Waals surface area contributed by atoms with Gasteiger partial charge in [-0.2, -0.15) is 5.10 Å². The fraction of sp³-hybridized carbons (Fsp3) is 0.280. The topological polar surface area (TPSA) is 105 Å². The molecular formula is C25H28N6O2. The second-order valence-corrected chi connectivity index (χ2v) is 8.71. The van der Waals surface area contributed by atoms with Crippen LogP contribution in [0.1, 0.15) is 32.9 Å². The largest absolute Gasteiger partial charge is 0.444 e. The first-order valence-electron chi connectivity index (χ1n) is 11.0. The van der Waals surface area contributed by atoms with Crippen LogP contribution in [-0.2, 0) is 11.2 Å². The Labute approximate surface area is 192 Å². The van der Waals surface area contributed by atoms with Gasteiger partial charge in [0.05, 0.1) is 5.52 Å². The Morgan fingerprint density at radius 2 is 1.79 bits per heavy atom. The van der Waals surface area contributed by atoms with E-state index in [0.29, 0.717) is 24.0 Å². The molecule has 0 unspecified atom stereocenters. The summed E-state index contributed by atoms with van der Waals surface area (Å²) in [7, 11) is 0. The molecule has 4 rings (SSSR count). The third-order valence-electron chi connectivity index (χ3n) is 4.80. The SMILES string of the molecule is CC(C)(C)OC(=O)NCCCc1cc(Nc2nc(-c3ccccc3)nc3ccccc23)n[nH]1. The van der Waals surface area contributed by atoms with Crippen molar-refractivity contribution in [1.29, 1.82) is 0 Å². The molecule has 2 aromatic carbocycles. The molecule has 0 aliphatic carbocycles. The van der Waals surface area contributed by atoms with Crippen LogP contribution < -0.4 is 10.6 Å². The van der Waals surface area contributed by atoms with Gasteiger partial charge in [0.2, 0.25) is 0 Å². The number of carbonyl (C=O) groups excluding carboxylic acids is 1. The molecule has 33 heavy (non-hydrogen) atoms. The van der Waals surface area contributed by atoms with Crippen molar-refractivity contribution in [3.63, 3.8) is 0 Å². The monoisotopic (exact) mass is 444 g/mol. The maximum atomic E-state index is 11.7. The maximum absolute atomic E-state index is 11.7. The molecule has 0 spiro atoms. The highest BCUT2D eigenvalue weighted by Gasteiger charge is 2.15. The number of fused-ring (bicyclic) bond motifs is 1. The molecule has 4 aromatic rings. The molecule has 0 saturated heterocycles. The molecule has 1 amide bonds. The molecule has 3 N–H and O–H groups in total. The van der Waals surface area contributed by atoms with E-state index in [1.165, 1.54) is 0 Å². The quantitative estimate of drug-likeness (QED) is 0.338. The zero-order valence-corrected chi connectivity index (χ0v) is 19.1. The van der Waals surface area contributed by atoms with Crippen LogP contribution in [-0.4, -0.2) is 38.4 Å². The number of hydrogen-bond acceptors (Lipinski definition) is 6. The smallest absolute Gasteiger partial charge is 0.407 e. The number of nitrogens with zero attached hydrogens (tertiary/aromatic N) is 3. The third-order valence-corrected chi connectivity index (χ3v) is 4.80. The average Bonchev–Trinajstić information content (AvgIpc) is 3.23. The highest BCUT2D eigenvalue weighted by Crippen LogP contribution is 2.27. The minimum Gasteiger partial charge on any atom is -0.444 e. The lowest BCUT2D eigenvalue weighted by Gasteiger charge is -2.19. The van der Waals surface area contributed by atoms with Crippen molar-refractivity contribution in [1.82, 2.24) is 25.5 Å². The van der Waals surface area contributed by atoms with Gasteiger partial charge in [0.1, 0.15) is 11.4 Å². The Morgan fingerprint density at radius 3 is 2.58 bits per heavy atom. The van der Waals surface area contributed by atoms with E-state index in [4.69, 9.17) is 14.7 Å². The minimum absolute atomic E-state index is 0.403. The lowest BCUT2D eigenvalue weighted by molar-refractivity contribution is 0.0527. The second-order valence-electron chi connectivity index (χ2n) is 8.71. The van der Waals surface area contributed by atoms with E-state index in [1.54, 1.807) is 0 Å². The van der Waals surface area contributed by atoms with Crippen LogP contribution in [0.2, 0.25) is 0 Å². The summed E-state index contributed by atoms with van der Waals surface area (Å²) < 4.78 is 5.24. The van der Waals surface area contributed by atoms with Gasteiger partial charge >= 0.3 is 6.09 Å². The van der Waals surface area contributed by atoms with Crippen LogP contribution in [0.4, 0.5) is 16.4 Å². The van der Waals surface area contributed by atoms with Crippen molar-refractivity contribution in [3.8, 4) is 11.4 Å². The normalized spacial score (nSPS) is 11.4. The molecule has 2 aromatic heterocycles. The number of hydrogen-bond donors (Lipinski definition) is 3. The van der Waals surface area contributed by atoms with E-state index < -0.39 is 11.7 Å². The molecule has 0 fully saturated rings. The summed E-state index contributed by atoms with van der Waals surface area (Å²) in [6.45, 7) is 6.05. The third kappa shape index (κ3) is 6.06. The predicted molar refractivity (Wildman–Crippen MR) is 129 cm³/mol. The Balaban J connectivity index is 1.43. The van der Waals surface area contributed by atoms with E-state index in [-0.39, 0.29) is 0 Å². The molecular weight excluding hydrogens is 416 g/mol. The number of ether oxygens (including phenoxy) is 1. The van der Waals surface area contributed by atoms with E-state index in [1.807, 2.05) is 81.4 Å². The summed E-state index contributed by atoms with van der Waals surface area (Å²) >= 11 is 0. The first kappa shape index (κ1) is 22.3. The molecule has 0 atom stereocenters. The van der Waals surface area contributed by atoms with Crippen LogP contribution in [0.15, 0.2) is 60.7 Å². The van der Waals surface area contributed by atoms with Gasteiger partial charge in [-0.1, -0.05) is 42.5 Å². The van der Waals surface area contributed by atoms with Gasteiger partial charge < -0.3 is 15.4 Å². The molecule has 0 aliphatic heterocycles. The second kappa shape index (κ2) is 9.68. The zero-order valence-electron chi connectivity index (χ0n) is 19.1. The van der Waals surface area contributed by atoms with Gasteiger partial charge in [-0.05, 0) is 45.7 Å². The van der Waals surface area contributed by atoms with Crippen molar-refractivity contribution in [3.05, 3.63) is 66.4 Å². The molecule has 2 heterocycles. The summed E-state index contributed by atoms with van der Waals surface area (Å²) in [5.41, 5.74) is 2.27. The molecule has 0 aliphatic rings. The van der Waals surface area contributed by atoms with Gasteiger partial charge in [-0.15, -0.1) is 0 Å². The first-order chi connectivity index (χ1) is 15.9. The molecule has 8 heteroatoms. The standard InChI is InChI=1S/C25H28N6O2/c1-25(2,3)33-24(32)26-15-9-12-18-16-21(31-30-18)28-23-19-13-7-8-14-20(19)27-22(29-23)17-10-5-4-6-11-17/h4-8,10-11,13-14,16H,9,12,15H2,1-3H3,(H,26,32)(H2,27,28,29,30,31). The zero-order chi connectivity index (χ0) is 23.3. The number of para-hydroxylation sites is 1. The summed E-state index contributed by atoms with van der Waals surface area (Å²) in [4.78, 5) is 21.2. The van der Waals surface area contributed by atoms with Crippen LogP contribution in [0, 0.1) is 0 Å². The van der Waals surface area contributed by atoms with Crippen LogP contribution >= 0.6 is 0 Å². The van der Waals surface area contributed by atoms with Crippen molar-refractivity contribution in [2.24, 2.45) is 0 Å². The minimum atomic E-state index is -0.500. The van der Waals surface area contributed by atoms with Gasteiger partial charge in [0.15, 0.2) is 11.6 Å². The summed E-state index contributed by atoms with van der Waals surface area (Å²) in [6, 6.07) is 19.7. The Bertz CT molecular complexity index is 1230.